The highest BCUT2D eigenvalue weighted by atomic mass is 31.2. The zero-order valence-electron chi connectivity index (χ0n) is 18.9. The lowest BCUT2D eigenvalue weighted by Crippen LogP contribution is -2.11. The third-order valence-corrected chi connectivity index (χ3v) is 7.17. The summed E-state index contributed by atoms with van der Waals surface area (Å²) in [4.78, 5) is 9.05. The van der Waals surface area contributed by atoms with Crippen molar-refractivity contribution in [3.63, 3.8) is 0 Å². The van der Waals surface area contributed by atoms with E-state index in [1.807, 2.05) is 24.3 Å². The molecule has 0 unspecified atom stereocenters. The first-order valence-corrected chi connectivity index (χ1v) is 13.3. The van der Waals surface area contributed by atoms with Crippen molar-refractivity contribution in [2.24, 2.45) is 0 Å². The van der Waals surface area contributed by atoms with Crippen LogP contribution in [-0.4, -0.2) is 37.5 Å². The molecular formula is C24H29N4O3P. The number of fused-ring (bicyclic) bond motifs is 1. The van der Waals surface area contributed by atoms with E-state index >= 15 is 0 Å². The second-order valence-electron chi connectivity index (χ2n) is 8.26. The van der Waals surface area contributed by atoms with Crippen LogP contribution < -0.4 is 25.4 Å². The Hall–Kier alpha value is -3.05. The predicted molar refractivity (Wildman–Crippen MR) is 130 cm³/mol. The van der Waals surface area contributed by atoms with Gasteiger partial charge in [-0.1, -0.05) is 12.1 Å². The summed E-state index contributed by atoms with van der Waals surface area (Å²) in [5.41, 5.74) is 4.24. The molecule has 4 rings (SSSR count). The van der Waals surface area contributed by atoms with Crippen molar-refractivity contribution in [1.29, 1.82) is 0 Å². The van der Waals surface area contributed by atoms with Crippen molar-refractivity contribution < 1.29 is 14.0 Å². The maximum absolute atomic E-state index is 12.7. The summed E-state index contributed by atoms with van der Waals surface area (Å²) in [6.07, 6.45) is 6.17. The summed E-state index contributed by atoms with van der Waals surface area (Å²) in [5, 5.41) is 7.34. The van der Waals surface area contributed by atoms with Gasteiger partial charge in [-0.05, 0) is 74.4 Å². The monoisotopic (exact) mass is 452 g/mol. The van der Waals surface area contributed by atoms with Crippen LogP contribution in [0.25, 0.3) is 0 Å². The molecule has 168 valence electrons. The van der Waals surface area contributed by atoms with Crippen LogP contribution in [0.1, 0.15) is 24.0 Å². The average molecular weight is 452 g/mol. The van der Waals surface area contributed by atoms with Crippen molar-refractivity contribution in [3.05, 3.63) is 53.7 Å². The smallest absolute Gasteiger partial charge is 0.229 e. The molecule has 0 saturated carbocycles. The Morgan fingerprint density at radius 2 is 1.59 bits per heavy atom. The van der Waals surface area contributed by atoms with Crippen molar-refractivity contribution >= 4 is 35.6 Å². The molecule has 0 atom stereocenters. The highest BCUT2D eigenvalue weighted by Crippen LogP contribution is 2.39. The van der Waals surface area contributed by atoms with E-state index in [0.29, 0.717) is 17.5 Å². The fourth-order valence-corrected chi connectivity index (χ4v) is 5.15. The van der Waals surface area contributed by atoms with E-state index in [0.717, 1.165) is 35.3 Å². The Morgan fingerprint density at radius 3 is 2.28 bits per heavy atom. The molecule has 1 aromatic heterocycles. The molecule has 0 fully saturated rings. The van der Waals surface area contributed by atoms with Crippen LogP contribution in [-0.2, 0) is 17.4 Å². The van der Waals surface area contributed by atoms with E-state index in [4.69, 9.17) is 9.47 Å². The molecule has 3 aromatic rings. The quantitative estimate of drug-likeness (QED) is 0.482. The van der Waals surface area contributed by atoms with Gasteiger partial charge in [0.25, 0.3) is 0 Å². The number of para-hydroxylation sites is 1. The maximum atomic E-state index is 12.7. The number of benzene rings is 2. The maximum Gasteiger partial charge on any atom is 0.229 e. The van der Waals surface area contributed by atoms with Gasteiger partial charge < -0.3 is 24.7 Å². The topological polar surface area (TPSA) is 85.4 Å². The van der Waals surface area contributed by atoms with Crippen LogP contribution in [0, 0.1) is 0 Å². The molecule has 0 spiro atoms. The zero-order chi connectivity index (χ0) is 22.7. The van der Waals surface area contributed by atoms with Gasteiger partial charge in [-0.3, -0.25) is 0 Å². The molecule has 1 aliphatic rings. The van der Waals surface area contributed by atoms with E-state index in [1.54, 1.807) is 33.7 Å². The number of methoxy groups -OCH3 is 2. The second kappa shape index (κ2) is 9.21. The number of anilines is 4. The lowest BCUT2D eigenvalue weighted by atomic mass is 9.91. The van der Waals surface area contributed by atoms with E-state index in [1.165, 1.54) is 24.0 Å². The minimum absolute atomic E-state index is 0.413. The number of ether oxygens (including phenoxy) is 2. The largest absolute Gasteiger partial charge is 0.495 e. The Bertz CT molecular complexity index is 1180. The molecule has 7 nitrogen and oxygen atoms in total. The number of rotatable bonds is 7. The van der Waals surface area contributed by atoms with Crippen molar-refractivity contribution in [2.45, 2.75) is 25.7 Å². The molecule has 0 bridgehead atoms. The SMILES string of the molecule is COc1cc2c(cc1Nc1ncc(OC)c(Nc3ccccc3P(C)(C)=O)n1)CCCC2. The summed E-state index contributed by atoms with van der Waals surface area (Å²) >= 11 is 0. The fourth-order valence-electron chi connectivity index (χ4n) is 4.00. The molecule has 8 heteroatoms. The van der Waals surface area contributed by atoms with Gasteiger partial charge in [-0.15, -0.1) is 0 Å². The fraction of sp³-hybridized carbons (Fsp3) is 0.333. The first kappa shape index (κ1) is 22.2. The Labute approximate surface area is 189 Å². The molecule has 2 N–H and O–H groups in total. The van der Waals surface area contributed by atoms with Crippen LogP contribution in [0.3, 0.4) is 0 Å². The van der Waals surface area contributed by atoms with Crippen molar-refractivity contribution in [3.8, 4) is 11.5 Å². The van der Waals surface area contributed by atoms with E-state index in [2.05, 4.69) is 32.7 Å². The molecule has 2 aromatic carbocycles. The highest BCUT2D eigenvalue weighted by Gasteiger charge is 2.19. The zero-order valence-corrected chi connectivity index (χ0v) is 19.8. The van der Waals surface area contributed by atoms with Crippen LogP contribution in [0.2, 0.25) is 0 Å². The molecule has 0 radical (unpaired) electrons. The minimum atomic E-state index is -2.48. The third kappa shape index (κ3) is 4.73. The molecule has 1 aliphatic carbocycles. The number of nitrogens with zero attached hydrogens (tertiary/aromatic N) is 2. The normalized spacial score (nSPS) is 13.2. The number of nitrogens with one attached hydrogen (secondary N) is 2. The van der Waals surface area contributed by atoms with Gasteiger partial charge >= 0.3 is 0 Å². The third-order valence-electron chi connectivity index (χ3n) is 5.62. The predicted octanol–water partition coefficient (Wildman–Crippen LogP) is 5.11. The van der Waals surface area contributed by atoms with E-state index < -0.39 is 7.14 Å². The van der Waals surface area contributed by atoms with E-state index in [-0.39, 0.29) is 0 Å². The van der Waals surface area contributed by atoms with Crippen molar-refractivity contribution in [1.82, 2.24) is 9.97 Å². The van der Waals surface area contributed by atoms with Crippen LogP contribution in [0.5, 0.6) is 11.5 Å². The molecule has 0 aliphatic heterocycles. The molecule has 0 amide bonds. The molecule has 1 heterocycles. The van der Waals surface area contributed by atoms with Gasteiger partial charge in [0.1, 0.15) is 12.9 Å². The van der Waals surface area contributed by atoms with Crippen LogP contribution >= 0.6 is 7.14 Å². The number of hydrogen-bond acceptors (Lipinski definition) is 7. The van der Waals surface area contributed by atoms with Crippen molar-refractivity contribution in [2.75, 3.05) is 38.2 Å². The van der Waals surface area contributed by atoms with Gasteiger partial charge in [0.2, 0.25) is 5.95 Å². The van der Waals surface area contributed by atoms with Crippen LogP contribution in [0.15, 0.2) is 42.6 Å². The first-order valence-electron chi connectivity index (χ1n) is 10.7. The van der Waals surface area contributed by atoms with Gasteiger partial charge in [-0.25, -0.2) is 4.98 Å². The summed E-state index contributed by atoms with van der Waals surface area (Å²) in [5.74, 6) is 2.16. The summed E-state index contributed by atoms with van der Waals surface area (Å²) < 4.78 is 23.8. The molecule has 0 saturated heterocycles. The first-order chi connectivity index (χ1) is 15.4. The Balaban J connectivity index is 1.68. The summed E-state index contributed by atoms with van der Waals surface area (Å²) in [6, 6.07) is 11.8. The van der Waals surface area contributed by atoms with Gasteiger partial charge in [0.05, 0.1) is 31.8 Å². The van der Waals surface area contributed by atoms with Gasteiger partial charge in [-0.2, -0.15) is 4.98 Å². The highest BCUT2D eigenvalue weighted by molar-refractivity contribution is 7.70. The summed E-state index contributed by atoms with van der Waals surface area (Å²) in [6.45, 7) is 3.50. The average Bonchev–Trinajstić information content (AvgIpc) is 2.78. The number of aryl methyl sites for hydroxylation is 2. The summed E-state index contributed by atoms with van der Waals surface area (Å²) in [7, 11) is 0.754. The van der Waals surface area contributed by atoms with Gasteiger partial charge in [0.15, 0.2) is 11.6 Å². The molecule has 32 heavy (non-hydrogen) atoms. The number of hydrogen-bond donors (Lipinski definition) is 2. The lowest BCUT2D eigenvalue weighted by molar-refractivity contribution is 0.413. The minimum Gasteiger partial charge on any atom is -0.495 e. The lowest BCUT2D eigenvalue weighted by Gasteiger charge is -2.20. The molecular weight excluding hydrogens is 423 g/mol. The second-order valence-corrected chi connectivity index (χ2v) is 11.4. The van der Waals surface area contributed by atoms with Gasteiger partial charge in [0, 0.05) is 5.30 Å². The van der Waals surface area contributed by atoms with Crippen LogP contribution in [0.4, 0.5) is 23.1 Å². The Kier molecular flexibility index (Phi) is 6.38. The van der Waals surface area contributed by atoms with E-state index in [9.17, 15) is 4.57 Å². The standard InChI is InChI=1S/C24H29N4O3P/c1-30-20-14-17-10-6-5-9-16(17)13-19(20)27-24-25-15-21(31-2)23(28-24)26-18-11-7-8-12-22(18)32(3,4)29/h7-8,11-15H,5-6,9-10H2,1-4H3,(H2,25,26,27,28). The number of aromatic nitrogens is 2. The Morgan fingerprint density at radius 1 is 0.906 bits per heavy atom.